The lowest BCUT2D eigenvalue weighted by molar-refractivity contribution is 0.587. The summed E-state index contributed by atoms with van der Waals surface area (Å²) in [6, 6.07) is 18.7. The van der Waals surface area contributed by atoms with Gasteiger partial charge in [0.1, 0.15) is 5.69 Å². The fraction of sp³-hybridized carbons (Fsp3) is 0.0455. The zero-order valence-electron chi connectivity index (χ0n) is 14.0. The first-order chi connectivity index (χ1) is 12.6. The molecule has 0 N–H and O–H groups in total. The Hall–Kier alpha value is -2.94. The minimum absolute atomic E-state index is 0.408. The van der Waals surface area contributed by atoms with Gasteiger partial charge in [-0.05, 0) is 53.5 Å². The van der Waals surface area contributed by atoms with Gasteiger partial charge in [0.05, 0.1) is 5.16 Å². The van der Waals surface area contributed by atoms with E-state index in [2.05, 4.69) is 48.4 Å². The van der Waals surface area contributed by atoms with Gasteiger partial charge in [0, 0.05) is 0 Å². The van der Waals surface area contributed by atoms with Crippen molar-refractivity contribution in [2.24, 2.45) is 4.99 Å². The maximum atomic E-state index is 13.8. The average molecular weight is 363 g/mol. The topological polar surface area (TPSA) is 12.4 Å². The van der Waals surface area contributed by atoms with Crippen molar-refractivity contribution in [3.8, 4) is 11.1 Å². The van der Waals surface area contributed by atoms with Crippen LogP contribution in [-0.4, -0.2) is 5.16 Å². The molecule has 0 saturated carbocycles. The quantitative estimate of drug-likeness (QED) is 0.281. The van der Waals surface area contributed by atoms with Gasteiger partial charge in [-0.2, -0.15) is 4.99 Å². The molecule has 0 amide bonds. The van der Waals surface area contributed by atoms with Gasteiger partial charge in [0.25, 0.3) is 0 Å². The summed E-state index contributed by atoms with van der Waals surface area (Å²) >= 11 is 4.39. The maximum absolute atomic E-state index is 13.8. The number of isothiocyanates is 1. The van der Waals surface area contributed by atoms with Gasteiger partial charge < -0.3 is 0 Å². The van der Waals surface area contributed by atoms with E-state index < -0.39 is 17.3 Å². The molecular formula is C22H15F2NS. The summed E-state index contributed by atoms with van der Waals surface area (Å²) in [7, 11) is 0. The van der Waals surface area contributed by atoms with E-state index in [1.807, 2.05) is 29.4 Å². The van der Waals surface area contributed by atoms with Crippen LogP contribution in [0.15, 0.2) is 65.7 Å². The first-order valence-corrected chi connectivity index (χ1v) is 8.40. The van der Waals surface area contributed by atoms with E-state index in [1.54, 1.807) is 12.2 Å². The van der Waals surface area contributed by atoms with Crippen molar-refractivity contribution < 1.29 is 8.78 Å². The van der Waals surface area contributed by atoms with Crippen molar-refractivity contribution in [3.63, 3.8) is 0 Å². The summed E-state index contributed by atoms with van der Waals surface area (Å²) < 4.78 is 27.7. The van der Waals surface area contributed by atoms with Crippen molar-refractivity contribution >= 4 is 35.2 Å². The average Bonchev–Trinajstić information content (AvgIpc) is 2.64. The Balaban J connectivity index is 1.81. The lowest BCUT2D eigenvalue weighted by Crippen LogP contribution is -1.85. The molecule has 3 aromatic rings. The molecule has 0 aliphatic carbocycles. The first-order valence-electron chi connectivity index (χ1n) is 7.99. The van der Waals surface area contributed by atoms with Crippen LogP contribution in [-0.2, 0) is 0 Å². The lowest BCUT2D eigenvalue weighted by atomic mass is 10.0. The molecule has 128 valence electrons. The smallest absolute Gasteiger partial charge is 0.153 e. The number of hydrogen-bond donors (Lipinski definition) is 0. The van der Waals surface area contributed by atoms with Crippen LogP contribution in [0.1, 0.15) is 16.7 Å². The molecule has 0 fully saturated rings. The van der Waals surface area contributed by atoms with E-state index in [9.17, 15) is 8.78 Å². The Labute approximate surface area is 156 Å². The van der Waals surface area contributed by atoms with Gasteiger partial charge in [-0.3, -0.25) is 0 Å². The van der Waals surface area contributed by atoms with Crippen LogP contribution in [0.25, 0.3) is 23.3 Å². The van der Waals surface area contributed by atoms with Crippen LogP contribution in [0.3, 0.4) is 0 Å². The van der Waals surface area contributed by atoms with Crippen molar-refractivity contribution in [1.29, 1.82) is 0 Å². The van der Waals surface area contributed by atoms with Crippen molar-refractivity contribution in [2.75, 3.05) is 0 Å². The molecule has 0 heterocycles. The van der Waals surface area contributed by atoms with E-state index in [1.165, 1.54) is 17.7 Å². The minimum atomic E-state index is -0.767. The molecule has 3 rings (SSSR count). The van der Waals surface area contributed by atoms with E-state index in [0.29, 0.717) is 5.56 Å². The minimum Gasteiger partial charge on any atom is -0.204 e. The van der Waals surface area contributed by atoms with E-state index in [4.69, 9.17) is 0 Å². The van der Waals surface area contributed by atoms with Crippen molar-refractivity contribution in [3.05, 3.63) is 89.0 Å². The highest BCUT2D eigenvalue weighted by Crippen LogP contribution is 2.25. The maximum Gasteiger partial charge on any atom is 0.153 e. The predicted molar refractivity (Wildman–Crippen MR) is 107 cm³/mol. The third-order valence-electron chi connectivity index (χ3n) is 3.96. The molecule has 0 radical (unpaired) electrons. The van der Waals surface area contributed by atoms with E-state index >= 15 is 0 Å². The molecule has 0 unspecified atom stereocenters. The Morgan fingerprint density at radius 2 is 1.31 bits per heavy atom. The van der Waals surface area contributed by atoms with Crippen LogP contribution in [0.2, 0.25) is 0 Å². The highest BCUT2D eigenvalue weighted by Gasteiger charge is 2.08. The van der Waals surface area contributed by atoms with Gasteiger partial charge in [0.2, 0.25) is 0 Å². The molecule has 0 aliphatic heterocycles. The van der Waals surface area contributed by atoms with Crippen LogP contribution in [0.5, 0.6) is 0 Å². The van der Waals surface area contributed by atoms with Gasteiger partial charge in [-0.25, -0.2) is 8.78 Å². The highest BCUT2D eigenvalue weighted by molar-refractivity contribution is 7.78. The summed E-state index contributed by atoms with van der Waals surface area (Å²) in [4.78, 5) is 3.40. The molecular weight excluding hydrogens is 348 g/mol. The number of aryl methyl sites for hydroxylation is 1. The number of halogens is 2. The summed E-state index contributed by atoms with van der Waals surface area (Å²) in [5.74, 6) is -1.53. The third-order valence-corrected chi connectivity index (χ3v) is 4.05. The summed E-state index contributed by atoms with van der Waals surface area (Å²) in [6.45, 7) is 2.05. The molecule has 26 heavy (non-hydrogen) atoms. The number of hydrogen-bond acceptors (Lipinski definition) is 2. The largest absolute Gasteiger partial charge is 0.204 e. The van der Waals surface area contributed by atoms with Crippen LogP contribution in [0, 0.1) is 18.6 Å². The standard InChI is InChI=1S/C22H15F2NS/c1-15-2-8-18(9-3-15)19-10-6-16(7-11-19)4-5-17-12-20(23)22(25-14-26)21(24)13-17/h2-13H,1H3/b5-4-. The monoisotopic (exact) mass is 363 g/mol. The molecule has 0 saturated heterocycles. The molecule has 0 bridgehead atoms. The van der Waals surface area contributed by atoms with E-state index in [0.717, 1.165) is 16.7 Å². The Bertz CT molecular complexity index is 976. The Morgan fingerprint density at radius 1 is 0.808 bits per heavy atom. The SMILES string of the molecule is Cc1ccc(-c2ccc(/C=C\c3cc(F)c(N=C=S)c(F)c3)cc2)cc1. The highest BCUT2D eigenvalue weighted by atomic mass is 32.1. The third kappa shape index (κ3) is 4.17. The molecule has 3 aromatic carbocycles. The number of thiocarbonyl (C=S) groups is 1. The Morgan fingerprint density at radius 3 is 1.85 bits per heavy atom. The van der Waals surface area contributed by atoms with Crippen LogP contribution < -0.4 is 0 Å². The van der Waals surface area contributed by atoms with E-state index in [-0.39, 0.29) is 0 Å². The molecule has 4 heteroatoms. The fourth-order valence-corrected chi connectivity index (χ4v) is 2.65. The van der Waals surface area contributed by atoms with Crippen LogP contribution in [0.4, 0.5) is 14.5 Å². The van der Waals surface area contributed by atoms with Gasteiger partial charge >= 0.3 is 0 Å². The number of aliphatic imine (C=N–C) groups is 1. The second kappa shape index (κ2) is 7.96. The van der Waals surface area contributed by atoms with Gasteiger partial charge in [0.15, 0.2) is 11.6 Å². The van der Waals surface area contributed by atoms with Gasteiger partial charge in [-0.1, -0.05) is 66.2 Å². The zero-order chi connectivity index (χ0) is 18.5. The summed E-state index contributed by atoms with van der Waals surface area (Å²) in [5.41, 5.74) is 4.40. The normalized spacial score (nSPS) is 10.7. The zero-order valence-corrected chi connectivity index (χ0v) is 14.9. The Kier molecular flexibility index (Phi) is 5.47. The second-order valence-corrected chi connectivity index (χ2v) is 6.04. The number of nitrogens with zero attached hydrogens (tertiary/aromatic N) is 1. The summed E-state index contributed by atoms with van der Waals surface area (Å²) in [5, 5.41) is 1.98. The second-order valence-electron chi connectivity index (χ2n) is 5.86. The fourth-order valence-electron chi connectivity index (χ4n) is 2.56. The molecule has 0 spiro atoms. The number of rotatable bonds is 4. The molecule has 1 nitrogen and oxygen atoms in total. The molecule has 0 aromatic heterocycles. The first kappa shape index (κ1) is 17.9. The lowest BCUT2D eigenvalue weighted by Gasteiger charge is -2.03. The predicted octanol–water partition coefficient (Wildman–Crippen LogP) is 6.84. The summed E-state index contributed by atoms with van der Waals surface area (Å²) in [6.07, 6.45) is 3.45. The molecule has 0 atom stereocenters. The number of benzene rings is 3. The molecule has 0 aliphatic rings. The van der Waals surface area contributed by atoms with Gasteiger partial charge in [-0.15, -0.1) is 0 Å². The van der Waals surface area contributed by atoms with Crippen molar-refractivity contribution in [2.45, 2.75) is 6.92 Å². The van der Waals surface area contributed by atoms with Crippen LogP contribution >= 0.6 is 12.2 Å². The van der Waals surface area contributed by atoms with Crippen molar-refractivity contribution in [1.82, 2.24) is 0 Å².